The van der Waals surface area contributed by atoms with E-state index >= 15 is 0 Å². The van der Waals surface area contributed by atoms with Crippen molar-refractivity contribution in [3.63, 3.8) is 0 Å². The fourth-order valence-electron chi connectivity index (χ4n) is 2.38. The second-order valence-corrected chi connectivity index (χ2v) is 6.55. The molecule has 0 saturated carbocycles. The number of rotatable bonds is 5. The van der Waals surface area contributed by atoms with Crippen LogP contribution in [0.2, 0.25) is 0 Å². The number of hydrogen-bond donors (Lipinski definition) is 1. The minimum atomic E-state index is -3.76. The lowest BCUT2D eigenvalue weighted by Crippen LogP contribution is -2.42. The monoisotopic (exact) mass is 286 g/mol. The molecule has 0 aromatic heterocycles. The Morgan fingerprint density at radius 1 is 1.42 bits per heavy atom. The van der Waals surface area contributed by atoms with Crippen LogP contribution in [0.1, 0.15) is 19.8 Å². The van der Waals surface area contributed by atoms with Crippen molar-refractivity contribution in [1.29, 1.82) is 0 Å². The maximum absolute atomic E-state index is 13.8. The van der Waals surface area contributed by atoms with Crippen LogP contribution >= 0.6 is 0 Å². The molecule has 1 fully saturated rings. The fourth-order valence-corrected chi connectivity index (χ4v) is 4.20. The van der Waals surface area contributed by atoms with Gasteiger partial charge in [-0.1, -0.05) is 19.1 Å². The highest BCUT2D eigenvalue weighted by Gasteiger charge is 2.33. The first-order valence-electron chi connectivity index (χ1n) is 6.54. The minimum absolute atomic E-state index is 0.0791. The number of benzene rings is 1. The summed E-state index contributed by atoms with van der Waals surface area (Å²) in [5.74, 6) is -0.686. The third kappa shape index (κ3) is 2.96. The lowest BCUT2D eigenvalue weighted by Gasteiger charge is -2.27. The first-order valence-corrected chi connectivity index (χ1v) is 7.98. The molecule has 0 amide bonds. The predicted octanol–water partition coefficient (Wildman–Crippen LogP) is 1.59. The molecule has 4 nitrogen and oxygen atoms in total. The van der Waals surface area contributed by atoms with E-state index in [-0.39, 0.29) is 10.9 Å². The topological polar surface area (TPSA) is 49.4 Å². The molecule has 1 atom stereocenters. The summed E-state index contributed by atoms with van der Waals surface area (Å²) >= 11 is 0. The first-order chi connectivity index (χ1) is 9.07. The van der Waals surface area contributed by atoms with E-state index in [0.29, 0.717) is 19.5 Å². The van der Waals surface area contributed by atoms with Crippen molar-refractivity contribution < 1.29 is 12.8 Å². The predicted molar refractivity (Wildman–Crippen MR) is 71.9 cm³/mol. The van der Waals surface area contributed by atoms with E-state index in [2.05, 4.69) is 5.32 Å². The molecule has 0 bridgehead atoms. The molecule has 1 saturated heterocycles. The number of sulfonamides is 1. The van der Waals surface area contributed by atoms with Crippen molar-refractivity contribution in [2.24, 2.45) is 0 Å². The molecular weight excluding hydrogens is 267 g/mol. The van der Waals surface area contributed by atoms with Crippen LogP contribution in [0.3, 0.4) is 0 Å². The van der Waals surface area contributed by atoms with Gasteiger partial charge in [0.15, 0.2) is 0 Å². The Morgan fingerprint density at radius 2 is 2.16 bits per heavy atom. The zero-order valence-electron chi connectivity index (χ0n) is 11.0. The van der Waals surface area contributed by atoms with Crippen LogP contribution in [0.15, 0.2) is 29.2 Å². The second kappa shape index (κ2) is 5.98. The van der Waals surface area contributed by atoms with Crippen molar-refractivity contribution in [2.75, 3.05) is 19.6 Å². The van der Waals surface area contributed by atoms with Crippen molar-refractivity contribution in [2.45, 2.75) is 30.7 Å². The number of nitrogens with zero attached hydrogens (tertiary/aromatic N) is 1. The van der Waals surface area contributed by atoms with Gasteiger partial charge in [-0.3, -0.25) is 0 Å². The van der Waals surface area contributed by atoms with Crippen LogP contribution < -0.4 is 5.32 Å². The van der Waals surface area contributed by atoms with Gasteiger partial charge in [0.25, 0.3) is 0 Å². The lowest BCUT2D eigenvalue weighted by molar-refractivity contribution is 0.333. The van der Waals surface area contributed by atoms with Gasteiger partial charge in [0.2, 0.25) is 10.0 Å². The molecule has 19 heavy (non-hydrogen) atoms. The van der Waals surface area contributed by atoms with E-state index in [9.17, 15) is 12.8 Å². The Kier molecular flexibility index (Phi) is 4.54. The average molecular weight is 286 g/mol. The normalized spacial score (nSPS) is 20.1. The van der Waals surface area contributed by atoms with Gasteiger partial charge in [0, 0.05) is 19.1 Å². The van der Waals surface area contributed by atoms with Gasteiger partial charge in [-0.2, -0.15) is 4.31 Å². The SMILES string of the molecule is CCCN([C@@H]1CCNC1)S(=O)(=O)c1ccccc1F. The van der Waals surface area contributed by atoms with Gasteiger partial charge in [0.1, 0.15) is 10.7 Å². The Balaban J connectivity index is 2.36. The summed E-state index contributed by atoms with van der Waals surface area (Å²) in [4.78, 5) is -0.227. The van der Waals surface area contributed by atoms with E-state index in [1.165, 1.54) is 22.5 Å². The quantitative estimate of drug-likeness (QED) is 0.894. The lowest BCUT2D eigenvalue weighted by atomic mass is 10.2. The molecule has 1 aromatic carbocycles. The van der Waals surface area contributed by atoms with Gasteiger partial charge in [-0.15, -0.1) is 0 Å². The number of hydrogen-bond acceptors (Lipinski definition) is 3. The largest absolute Gasteiger partial charge is 0.315 e. The van der Waals surface area contributed by atoms with Crippen LogP contribution in [-0.4, -0.2) is 38.4 Å². The van der Waals surface area contributed by atoms with Crippen molar-refractivity contribution >= 4 is 10.0 Å². The Labute approximate surface area is 113 Å². The van der Waals surface area contributed by atoms with Gasteiger partial charge in [-0.05, 0) is 31.5 Å². The zero-order chi connectivity index (χ0) is 13.9. The highest BCUT2D eigenvalue weighted by molar-refractivity contribution is 7.89. The van der Waals surface area contributed by atoms with Gasteiger partial charge < -0.3 is 5.32 Å². The van der Waals surface area contributed by atoms with E-state index < -0.39 is 15.8 Å². The van der Waals surface area contributed by atoms with Gasteiger partial charge in [0.05, 0.1) is 0 Å². The summed E-state index contributed by atoms with van der Waals surface area (Å²) in [7, 11) is -3.76. The molecule has 1 heterocycles. The van der Waals surface area contributed by atoms with Crippen molar-refractivity contribution in [3.8, 4) is 0 Å². The van der Waals surface area contributed by atoms with Crippen LogP contribution in [0.5, 0.6) is 0 Å². The molecule has 1 aromatic rings. The molecule has 0 radical (unpaired) electrons. The van der Waals surface area contributed by atoms with Gasteiger partial charge in [-0.25, -0.2) is 12.8 Å². The molecule has 0 spiro atoms. The number of halogens is 1. The van der Waals surface area contributed by atoms with E-state index in [4.69, 9.17) is 0 Å². The maximum atomic E-state index is 13.8. The molecule has 1 aliphatic heterocycles. The molecule has 0 aliphatic carbocycles. The molecule has 106 valence electrons. The Morgan fingerprint density at radius 3 is 2.74 bits per heavy atom. The molecule has 1 aliphatic rings. The standard InChI is InChI=1S/C13H19FN2O2S/c1-2-9-16(11-7-8-15-10-11)19(17,18)13-6-4-3-5-12(13)14/h3-6,11,15H,2,7-10H2,1H3/t11-/m1/s1. The zero-order valence-corrected chi connectivity index (χ0v) is 11.8. The van der Waals surface area contributed by atoms with Gasteiger partial charge >= 0.3 is 0 Å². The maximum Gasteiger partial charge on any atom is 0.246 e. The molecule has 6 heteroatoms. The number of nitrogens with one attached hydrogen (secondary N) is 1. The van der Waals surface area contributed by atoms with Crippen LogP contribution in [0.25, 0.3) is 0 Å². The summed E-state index contributed by atoms with van der Waals surface area (Å²) in [6, 6.07) is 5.48. The summed E-state index contributed by atoms with van der Waals surface area (Å²) in [5.41, 5.74) is 0. The second-order valence-electron chi connectivity index (χ2n) is 4.69. The molecule has 0 unspecified atom stereocenters. The summed E-state index contributed by atoms with van der Waals surface area (Å²) in [6.07, 6.45) is 1.48. The van der Waals surface area contributed by atoms with E-state index in [0.717, 1.165) is 13.0 Å². The summed E-state index contributed by atoms with van der Waals surface area (Å²) in [6.45, 7) is 3.78. The third-order valence-corrected chi connectivity index (χ3v) is 5.29. The van der Waals surface area contributed by atoms with E-state index in [1.54, 1.807) is 6.07 Å². The van der Waals surface area contributed by atoms with Crippen molar-refractivity contribution in [3.05, 3.63) is 30.1 Å². The van der Waals surface area contributed by atoms with E-state index in [1.807, 2.05) is 6.92 Å². The highest BCUT2D eigenvalue weighted by Crippen LogP contribution is 2.23. The van der Waals surface area contributed by atoms with Crippen LogP contribution in [-0.2, 0) is 10.0 Å². The van der Waals surface area contributed by atoms with Crippen LogP contribution in [0, 0.1) is 5.82 Å². The molecule has 1 N–H and O–H groups in total. The Hall–Kier alpha value is -0.980. The highest BCUT2D eigenvalue weighted by atomic mass is 32.2. The first kappa shape index (κ1) is 14.4. The third-order valence-electron chi connectivity index (χ3n) is 3.31. The van der Waals surface area contributed by atoms with Crippen molar-refractivity contribution in [1.82, 2.24) is 9.62 Å². The Bertz CT molecular complexity index is 527. The molecule has 2 rings (SSSR count). The smallest absolute Gasteiger partial charge is 0.246 e. The molecular formula is C13H19FN2O2S. The van der Waals surface area contributed by atoms with Crippen LogP contribution in [0.4, 0.5) is 4.39 Å². The summed E-state index contributed by atoms with van der Waals surface area (Å²) in [5, 5.41) is 3.15. The summed E-state index contributed by atoms with van der Waals surface area (Å²) < 4.78 is 40.4. The fraction of sp³-hybridized carbons (Fsp3) is 0.538. The average Bonchev–Trinajstić information content (AvgIpc) is 2.89. The minimum Gasteiger partial charge on any atom is -0.315 e.